The summed E-state index contributed by atoms with van der Waals surface area (Å²) >= 11 is 0. The van der Waals surface area contributed by atoms with Gasteiger partial charge in [-0.3, -0.25) is 9.59 Å². The first-order chi connectivity index (χ1) is 8.61. The summed E-state index contributed by atoms with van der Waals surface area (Å²) in [6, 6.07) is 0. The molecule has 0 saturated heterocycles. The number of hydrogen-bond acceptors (Lipinski definition) is 4. The SMILES string of the molecule is CC(=O)O[C@@H]1[C@@H]2[C@@H]3[C@H](OC(C)=O)[C@@H]4[C@H]2[C@@H]2[C@H]1[C@@H]3[C@@H]42. The van der Waals surface area contributed by atoms with E-state index in [2.05, 4.69) is 0 Å². The Morgan fingerprint density at radius 3 is 1.22 bits per heavy atom. The maximum Gasteiger partial charge on any atom is 0.302 e. The average Bonchev–Trinajstić information content (AvgIpc) is 2.69. The molecule has 0 aliphatic heterocycles. The molecule has 6 saturated carbocycles. The Kier molecular flexibility index (Phi) is 1.42. The minimum Gasteiger partial charge on any atom is -0.462 e. The highest BCUT2D eigenvalue weighted by Crippen LogP contribution is 2.89. The van der Waals surface area contributed by atoms with E-state index in [9.17, 15) is 9.59 Å². The lowest BCUT2D eigenvalue weighted by molar-refractivity contribution is -0.183. The van der Waals surface area contributed by atoms with Crippen LogP contribution in [0.2, 0.25) is 0 Å². The Balaban J connectivity index is 1.49. The molecular weight excluding hydrogens is 232 g/mol. The molecule has 0 aromatic heterocycles. The lowest BCUT2D eigenvalue weighted by atomic mass is 9.41. The molecular formula is C14H16O4. The van der Waals surface area contributed by atoms with Crippen molar-refractivity contribution in [3.05, 3.63) is 0 Å². The lowest BCUT2D eigenvalue weighted by Gasteiger charge is -2.62. The van der Waals surface area contributed by atoms with Crippen LogP contribution in [-0.2, 0) is 19.1 Å². The summed E-state index contributed by atoms with van der Waals surface area (Å²) in [6.45, 7) is 3.00. The maximum atomic E-state index is 11.2. The first-order valence-corrected chi connectivity index (χ1v) is 6.95. The fourth-order valence-electron chi connectivity index (χ4n) is 6.78. The Bertz CT molecular complexity index is 442. The number of esters is 2. The molecule has 0 N–H and O–H groups in total. The topological polar surface area (TPSA) is 52.6 Å². The van der Waals surface area contributed by atoms with Crippen LogP contribution in [0, 0.1) is 47.3 Å². The molecule has 6 fully saturated rings. The Morgan fingerprint density at radius 2 is 0.889 bits per heavy atom. The quantitative estimate of drug-likeness (QED) is 0.680. The van der Waals surface area contributed by atoms with Crippen LogP contribution >= 0.6 is 0 Å². The largest absolute Gasteiger partial charge is 0.462 e. The number of carbonyl (C=O) groups excluding carboxylic acids is 2. The monoisotopic (exact) mass is 248 g/mol. The summed E-state index contributed by atoms with van der Waals surface area (Å²) in [4.78, 5) is 22.5. The van der Waals surface area contributed by atoms with E-state index in [0.29, 0.717) is 35.5 Å². The van der Waals surface area contributed by atoms with Gasteiger partial charge in [-0.15, -0.1) is 0 Å². The highest BCUT2D eigenvalue weighted by atomic mass is 16.6. The van der Waals surface area contributed by atoms with E-state index in [0.717, 1.165) is 11.8 Å². The summed E-state index contributed by atoms with van der Waals surface area (Å²) in [5, 5.41) is 0. The van der Waals surface area contributed by atoms with Gasteiger partial charge in [0.2, 0.25) is 0 Å². The van der Waals surface area contributed by atoms with Crippen LogP contribution < -0.4 is 0 Å². The number of rotatable bonds is 2. The molecule has 18 heavy (non-hydrogen) atoms. The van der Waals surface area contributed by atoms with Gasteiger partial charge in [-0.25, -0.2) is 0 Å². The van der Waals surface area contributed by atoms with Gasteiger partial charge in [-0.05, 0) is 23.7 Å². The number of ether oxygens (including phenoxy) is 2. The van der Waals surface area contributed by atoms with Crippen molar-refractivity contribution in [3.63, 3.8) is 0 Å². The molecule has 0 aromatic carbocycles. The van der Waals surface area contributed by atoms with E-state index >= 15 is 0 Å². The van der Waals surface area contributed by atoms with Gasteiger partial charge in [0.1, 0.15) is 12.2 Å². The van der Waals surface area contributed by atoms with Crippen LogP contribution in [0.15, 0.2) is 0 Å². The first-order valence-electron chi connectivity index (χ1n) is 6.95. The maximum absolute atomic E-state index is 11.2. The molecule has 10 atom stereocenters. The van der Waals surface area contributed by atoms with E-state index in [1.807, 2.05) is 0 Å². The molecule has 0 radical (unpaired) electrons. The van der Waals surface area contributed by atoms with Crippen molar-refractivity contribution in [2.24, 2.45) is 47.3 Å². The van der Waals surface area contributed by atoms with Crippen molar-refractivity contribution < 1.29 is 19.1 Å². The van der Waals surface area contributed by atoms with E-state index in [-0.39, 0.29) is 24.1 Å². The molecule has 4 bridgehead atoms. The number of carbonyl (C=O) groups is 2. The molecule has 6 aliphatic carbocycles. The standard InChI is InChI=1S/C14H16O4/c1-3(15)17-13-9-5-6-7(9)12-11(13)8(5)10(6)14(12)18-4(2)16/h5-14H,1-2H3/t5-,6+,7+,8-,9-,10-,11+,12-,13+,14-/m0/s1. The lowest BCUT2D eigenvalue weighted by Crippen LogP contribution is -2.61. The molecule has 6 rings (SSSR count). The fourth-order valence-corrected chi connectivity index (χ4v) is 6.78. The Labute approximate surface area is 105 Å². The predicted molar refractivity (Wildman–Crippen MR) is 59.0 cm³/mol. The van der Waals surface area contributed by atoms with Crippen LogP contribution in [0.4, 0.5) is 0 Å². The van der Waals surface area contributed by atoms with Crippen LogP contribution in [0.5, 0.6) is 0 Å². The van der Waals surface area contributed by atoms with Crippen LogP contribution in [0.3, 0.4) is 0 Å². The molecule has 6 aliphatic rings. The highest BCUT2D eigenvalue weighted by Gasteiger charge is 2.91. The second-order valence-electron chi connectivity index (χ2n) is 6.77. The Hall–Kier alpha value is -1.06. The minimum absolute atomic E-state index is 0.134. The third-order valence-electron chi connectivity index (χ3n) is 6.57. The van der Waals surface area contributed by atoms with Gasteiger partial charge < -0.3 is 9.47 Å². The van der Waals surface area contributed by atoms with Crippen molar-refractivity contribution in [1.82, 2.24) is 0 Å². The van der Waals surface area contributed by atoms with Gasteiger partial charge >= 0.3 is 11.9 Å². The second-order valence-corrected chi connectivity index (χ2v) is 6.77. The van der Waals surface area contributed by atoms with Gasteiger partial charge in [0.15, 0.2) is 0 Å². The summed E-state index contributed by atoms with van der Waals surface area (Å²) in [5.41, 5.74) is 0. The third kappa shape index (κ3) is 0.733. The van der Waals surface area contributed by atoms with E-state index in [1.54, 1.807) is 0 Å². The second kappa shape index (κ2) is 2.61. The van der Waals surface area contributed by atoms with Gasteiger partial charge in [0.05, 0.1) is 0 Å². The van der Waals surface area contributed by atoms with Crippen LogP contribution in [0.25, 0.3) is 0 Å². The molecule has 96 valence electrons. The molecule has 0 spiro atoms. The van der Waals surface area contributed by atoms with Gasteiger partial charge in [-0.1, -0.05) is 0 Å². The smallest absolute Gasteiger partial charge is 0.302 e. The van der Waals surface area contributed by atoms with Crippen molar-refractivity contribution in [1.29, 1.82) is 0 Å². The zero-order valence-electron chi connectivity index (χ0n) is 10.4. The van der Waals surface area contributed by atoms with Crippen LogP contribution in [0.1, 0.15) is 13.8 Å². The average molecular weight is 248 g/mol. The molecule has 4 heteroatoms. The molecule has 4 nitrogen and oxygen atoms in total. The summed E-state index contributed by atoms with van der Waals surface area (Å²) < 4.78 is 11.1. The van der Waals surface area contributed by atoms with Crippen LogP contribution in [-0.4, -0.2) is 24.1 Å². The highest BCUT2D eigenvalue weighted by molar-refractivity contribution is 5.67. The minimum atomic E-state index is -0.156. The zero-order valence-corrected chi connectivity index (χ0v) is 10.4. The predicted octanol–water partition coefficient (Wildman–Crippen LogP) is 0.847. The van der Waals surface area contributed by atoms with Gasteiger partial charge in [0.25, 0.3) is 0 Å². The van der Waals surface area contributed by atoms with E-state index in [1.165, 1.54) is 13.8 Å². The van der Waals surface area contributed by atoms with Gasteiger partial charge in [0, 0.05) is 37.5 Å². The first kappa shape index (κ1) is 9.82. The zero-order chi connectivity index (χ0) is 12.3. The molecule has 0 amide bonds. The van der Waals surface area contributed by atoms with Crippen molar-refractivity contribution in [2.75, 3.05) is 0 Å². The molecule has 0 unspecified atom stereocenters. The van der Waals surface area contributed by atoms with E-state index in [4.69, 9.17) is 9.47 Å². The Morgan fingerprint density at radius 1 is 0.611 bits per heavy atom. The fraction of sp³-hybridized carbons (Fsp3) is 0.857. The molecule has 0 aromatic rings. The van der Waals surface area contributed by atoms with Crippen molar-refractivity contribution >= 4 is 11.9 Å². The van der Waals surface area contributed by atoms with Crippen molar-refractivity contribution in [2.45, 2.75) is 26.1 Å². The summed E-state index contributed by atoms with van der Waals surface area (Å²) in [5.74, 6) is 4.80. The van der Waals surface area contributed by atoms with Gasteiger partial charge in [-0.2, -0.15) is 0 Å². The van der Waals surface area contributed by atoms with Crippen molar-refractivity contribution in [3.8, 4) is 0 Å². The third-order valence-corrected chi connectivity index (χ3v) is 6.57. The molecule has 0 heterocycles. The summed E-state index contributed by atoms with van der Waals surface area (Å²) in [6.07, 6.45) is 0.267. The summed E-state index contributed by atoms with van der Waals surface area (Å²) in [7, 11) is 0. The van der Waals surface area contributed by atoms with E-state index < -0.39 is 0 Å². The normalized spacial score (nSPS) is 63.4. The number of hydrogen-bond donors (Lipinski definition) is 0.